The van der Waals surface area contributed by atoms with Gasteiger partial charge in [0.25, 0.3) is 0 Å². The lowest BCUT2D eigenvalue weighted by atomic mass is 10.2. The minimum atomic E-state index is -0.851. The van der Waals surface area contributed by atoms with Crippen LogP contribution in [0.15, 0.2) is 21.9 Å². The molecule has 0 saturated heterocycles. The van der Waals surface area contributed by atoms with Crippen LogP contribution in [0.25, 0.3) is 11.4 Å². The maximum atomic E-state index is 10.7. The van der Waals surface area contributed by atoms with Crippen molar-refractivity contribution in [3.63, 3.8) is 0 Å². The highest BCUT2D eigenvalue weighted by molar-refractivity contribution is 7.99. The van der Waals surface area contributed by atoms with E-state index < -0.39 is 5.97 Å². The van der Waals surface area contributed by atoms with E-state index in [0.29, 0.717) is 11.2 Å². The average Bonchev–Trinajstić information content (AvgIpc) is 2.98. The van der Waals surface area contributed by atoms with Gasteiger partial charge in [-0.2, -0.15) is 0 Å². The van der Waals surface area contributed by atoms with Gasteiger partial charge in [-0.3, -0.25) is 9.36 Å². The summed E-state index contributed by atoms with van der Waals surface area (Å²) in [6.07, 6.45) is 3.80. The number of hydrogen-bond acceptors (Lipinski definition) is 5. The second kappa shape index (κ2) is 4.73. The van der Waals surface area contributed by atoms with E-state index in [1.54, 1.807) is 6.26 Å². The van der Waals surface area contributed by atoms with Crippen molar-refractivity contribution in [1.82, 2.24) is 14.8 Å². The first kappa shape index (κ1) is 12.3. The van der Waals surface area contributed by atoms with E-state index in [1.165, 1.54) is 11.8 Å². The number of hydrogen-bond donors (Lipinski definition) is 1. The Morgan fingerprint density at radius 1 is 1.58 bits per heavy atom. The minimum absolute atomic E-state index is 0.00474. The van der Waals surface area contributed by atoms with E-state index in [9.17, 15) is 4.79 Å². The fourth-order valence-corrected chi connectivity index (χ4v) is 2.69. The molecule has 1 N–H and O–H groups in total. The molecule has 0 atom stereocenters. The molecule has 1 aliphatic rings. The van der Waals surface area contributed by atoms with E-state index >= 15 is 0 Å². The molecule has 0 aliphatic heterocycles. The van der Waals surface area contributed by atoms with E-state index in [4.69, 9.17) is 9.52 Å². The Labute approximate surface area is 113 Å². The van der Waals surface area contributed by atoms with Gasteiger partial charge >= 0.3 is 5.97 Å². The molecule has 1 saturated carbocycles. The van der Waals surface area contributed by atoms with Crippen LogP contribution in [0, 0.1) is 6.92 Å². The highest BCUT2D eigenvalue weighted by atomic mass is 32.2. The van der Waals surface area contributed by atoms with E-state index in [-0.39, 0.29) is 5.75 Å². The number of aryl methyl sites for hydroxylation is 1. The highest BCUT2D eigenvalue weighted by Crippen LogP contribution is 2.41. The Bertz CT molecular complexity index is 616. The Hall–Kier alpha value is -1.76. The predicted octanol–water partition coefficient (Wildman–Crippen LogP) is 2.36. The highest BCUT2D eigenvalue weighted by Gasteiger charge is 2.31. The molecule has 0 spiro atoms. The number of carboxylic acid groups (broad SMARTS) is 1. The lowest BCUT2D eigenvalue weighted by molar-refractivity contribution is -0.133. The normalized spacial score (nSPS) is 14.8. The molecule has 0 amide bonds. The van der Waals surface area contributed by atoms with Crippen LogP contribution in [-0.4, -0.2) is 31.6 Å². The third kappa shape index (κ3) is 2.37. The molecule has 2 aromatic rings. The molecule has 19 heavy (non-hydrogen) atoms. The SMILES string of the molecule is Cc1occc1-c1nnc(SCC(=O)O)n1C1CC1. The topological polar surface area (TPSA) is 81.2 Å². The average molecular weight is 279 g/mol. The predicted molar refractivity (Wildman–Crippen MR) is 69.1 cm³/mol. The van der Waals surface area contributed by atoms with Gasteiger partial charge in [0, 0.05) is 6.04 Å². The molecule has 100 valence electrons. The van der Waals surface area contributed by atoms with Gasteiger partial charge in [0.1, 0.15) is 5.76 Å². The Kier molecular flexibility index (Phi) is 3.06. The maximum Gasteiger partial charge on any atom is 0.313 e. The number of rotatable bonds is 5. The zero-order valence-corrected chi connectivity index (χ0v) is 11.2. The summed E-state index contributed by atoms with van der Waals surface area (Å²) >= 11 is 1.21. The Balaban J connectivity index is 1.97. The van der Waals surface area contributed by atoms with Crippen molar-refractivity contribution >= 4 is 17.7 Å². The number of nitrogens with zero attached hydrogens (tertiary/aromatic N) is 3. The molecule has 1 fully saturated rings. The molecule has 0 radical (unpaired) electrons. The molecule has 6 nitrogen and oxygen atoms in total. The first-order valence-electron chi connectivity index (χ1n) is 6.01. The first-order chi connectivity index (χ1) is 9.16. The molecule has 0 aromatic carbocycles. The Morgan fingerprint density at radius 3 is 2.95 bits per heavy atom. The maximum absolute atomic E-state index is 10.7. The lowest BCUT2D eigenvalue weighted by Crippen LogP contribution is -2.03. The molecule has 7 heteroatoms. The zero-order valence-electron chi connectivity index (χ0n) is 10.4. The minimum Gasteiger partial charge on any atom is -0.481 e. The largest absolute Gasteiger partial charge is 0.481 e. The summed E-state index contributed by atoms with van der Waals surface area (Å²) < 4.78 is 7.33. The Morgan fingerprint density at radius 2 is 2.37 bits per heavy atom. The smallest absolute Gasteiger partial charge is 0.313 e. The molecule has 0 bridgehead atoms. The van der Waals surface area contributed by atoms with Gasteiger partial charge in [-0.05, 0) is 25.8 Å². The summed E-state index contributed by atoms with van der Waals surface area (Å²) in [5.74, 6) is 0.706. The van der Waals surface area contributed by atoms with Crippen molar-refractivity contribution in [2.45, 2.75) is 31.0 Å². The zero-order chi connectivity index (χ0) is 13.4. The van der Waals surface area contributed by atoms with Crippen LogP contribution in [0.5, 0.6) is 0 Å². The molecule has 0 unspecified atom stereocenters. The van der Waals surface area contributed by atoms with Crippen molar-refractivity contribution in [3.8, 4) is 11.4 Å². The van der Waals surface area contributed by atoms with Gasteiger partial charge in [0.05, 0.1) is 17.6 Å². The van der Waals surface area contributed by atoms with Gasteiger partial charge in [-0.25, -0.2) is 0 Å². The van der Waals surface area contributed by atoms with Crippen molar-refractivity contribution in [2.75, 3.05) is 5.75 Å². The second-order valence-corrected chi connectivity index (χ2v) is 5.42. The van der Waals surface area contributed by atoms with Crippen LogP contribution in [0.3, 0.4) is 0 Å². The van der Waals surface area contributed by atoms with Crippen LogP contribution in [-0.2, 0) is 4.79 Å². The number of thioether (sulfide) groups is 1. The van der Waals surface area contributed by atoms with Crippen LogP contribution in [0.2, 0.25) is 0 Å². The molecular weight excluding hydrogens is 266 g/mol. The van der Waals surface area contributed by atoms with Crippen molar-refractivity contribution in [2.24, 2.45) is 0 Å². The molecule has 1 aliphatic carbocycles. The van der Waals surface area contributed by atoms with Gasteiger partial charge in [-0.1, -0.05) is 11.8 Å². The summed E-state index contributed by atoms with van der Waals surface area (Å²) in [4.78, 5) is 10.7. The van der Waals surface area contributed by atoms with Gasteiger partial charge in [0.2, 0.25) is 0 Å². The van der Waals surface area contributed by atoms with E-state index in [2.05, 4.69) is 10.2 Å². The van der Waals surface area contributed by atoms with E-state index in [0.717, 1.165) is 30.0 Å². The summed E-state index contributed by atoms with van der Waals surface area (Å²) in [6, 6.07) is 2.25. The molecular formula is C12H13N3O3S. The van der Waals surface area contributed by atoms with Crippen LogP contribution < -0.4 is 0 Å². The standard InChI is InChI=1S/C12H13N3O3S/c1-7-9(4-5-18-7)11-13-14-12(19-6-10(16)17)15(11)8-2-3-8/h4-5,8H,2-3,6H2,1H3,(H,16,17). The van der Waals surface area contributed by atoms with Crippen LogP contribution >= 0.6 is 11.8 Å². The number of carboxylic acids is 1. The fraction of sp³-hybridized carbons (Fsp3) is 0.417. The number of furan rings is 1. The molecule has 2 heterocycles. The molecule has 3 rings (SSSR count). The first-order valence-corrected chi connectivity index (χ1v) is 6.99. The monoisotopic (exact) mass is 279 g/mol. The summed E-state index contributed by atoms with van der Waals surface area (Å²) in [5.41, 5.74) is 0.918. The number of aliphatic carboxylic acids is 1. The van der Waals surface area contributed by atoms with Crippen molar-refractivity contribution < 1.29 is 14.3 Å². The van der Waals surface area contributed by atoms with Gasteiger partial charge in [-0.15, -0.1) is 10.2 Å². The van der Waals surface area contributed by atoms with Crippen molar-refractivity contribution in [3.05, 3.63) is 18.1 Å². The van der Waals surface area contributed by atoms with Crippen LogP contribution in [0.4, 0.5) is 0 Å². The van der Waals surface area contributed by atoms with Gasteiger partial charge in [0.15, 0.2) is 11.0 Å². The van der Waals surface area contributed by atoms with E-state index in [1.807, 2.05) is 17.6 Å². The molecule has 2 aromatic heterocycles. The van der Waals surface area contributed by atoms with Crippen LogP contribution in [0.1, 0.15) is 24.6 Å². The lowest BCUT2D eigenvalue weighted by Gasteiger charge is -2.07. The summed E-state index contributed by atoms with van der Waals surface area (Å²) in [7, 11) is 0. The quantitative estimate of drug-likeness (QED) is 0.846. The number of carbonyl (C=O) groups is 1. The second-order valence-electron chi connectivity index (χ2n) is 4.48. The fourth-order valence-electron chi connectivity index (χ4n) is 1.96. The van der Waals surface area contributed by atoms with Crippen molar-refractivity contribution in [1.29, 1.82) is 0 Å². The number of aromatic nitrogens is 3. The third-order valence-corrected chi connectivity index (χ3v) is 3.93. The van der Waals surface area contributed by atoms with Gasteiger partial charge < -0.3 is 9.52 Å². The summed E-state index contributed by atoms with van der Waals surface area (Å²) in [5, 5.41) is 17.7. The summed E-state index contributed by atoms with van der Waals surface area (Å²) in [6.45, 7) is 1.88. The third-order valence-electron chi connectivity index (χ3n) is 3.00.